The topological polar surface area (TPSA) is 37.3 Å². The Morgan fingerprint density at radius 3 is 2.56 bits per heavy atom. The van der Waals surface area contributed by atoms with Crippen LogP contribution in [0, 0.1) is 6.92 Å². The Labute approximate surface area is 100 Å². The van der Waals surface area contributed by atoms with Gasteiger partial charge in [0.05, 0.1) is 5.41 Å². The van der Waals surface area contributed by atoms with Crippen LogP contribution in [0.3, 0.4) is 0 Å². The lowest BCUT2D eigenvalue weighted by Gasteiger charge is -2.26. The molecule has 0 heterocycles. The van der Waals surface area contributed by atoms with Gasteiger partial charge in [0.15, 0.2) is 0 Å². The lowest BCUT2D eigenvalue weighted by atomic mass is 9.77. The summed E-state index contributed by atoms with van der Waals surface area (Å²) in [4.78, 5) is 11.5. The number of halogens is 1. The van der Waals surface area contributed by atoms with E-state index < -0.39 is 11.4 Å². The molecule has 0 bridgehead atoms. The van der Waals surface area contributed by atoms with E-state index in [2.05, 4.69) is 0 Å². The van der Waals surface area contributed by atoms with E-state index in [0.29, 0.717) is 5.02 Å². The minimum absolute atomic E-state index is 0.619. The largest absolute Gasteiger partial charge is 0.481 e. The lowest BCUT2D eigenvalue weighted by Crippen LogP contribution is -2.33. The van der Waals surface area contributed by atoms with E-state index in [-0.39, 0.29) is 0 Å². The Morgan fingerprint density at radius 2 is 2.00 bits per heavy atom. The minimum Gasteiger partial charge on any atom is -0.481 e. The van der Waals surface area contributed by atoms with Crippen LogP contribution in [0.15, 0.2) is 18.2 Å². The van der Waals surface area contributed by atoms with Gasteiger partial charge in [0, 0.05) is 5.02 Å². The number of aliphatic carboxylic acids is 1. The number of hydrogen-bond acceptors (Lipinski definition) is 1. The van der Waals surface area contributed by atoms with Crippen molar-refractivity contribution >= 4 is 17.6 Å². The minimum atomic E-state index is -0.713. The van der Waals surface area contributed by atoms with Crippen LogP contribution in [0.1, 0.15) is 36.8 Å². The Bertz CT molecular complexity index is 420. The monoisotopic (exact) mass is 238 g/mol. The van der Waals surface area contributed by atoms with Crippen LogP contribution in [0.5, 0.6) is 0 Å². The maximum Gasteiger partial charge on any atom is 0.314 e. The summed E-state index contributed by atoms with van der Waals surface area (Å²) in [6, 6.07) is 5.53. The molecule has 0 spiro atoms. The zero-order valence-electron chi connectivity index (χ0n) is 9.29. The summed E-state index contributed by atoms with van der Waals surface area (Å²) in [5.41, 5.74) is 1.22. The Hall–Kier alpha value is -1.02. The highest BCUT2D eigenvalue weighted by molar-refractivity contribution is 6.30. The van der Waals surface area contributed by atoms with Crippen LogP contribution < -0.4 is 0 Å². The first kappa shape index (κ1) is 11.5. The number of aryl methyl sites for hydroxylation is 1. The molecule has 3 heteroatoms. The molecule has 0 amide bonds. The summed E-state index contributed by atoms with van der Waals surface area (Å²) in [7, 11) is 0. The van der Waals surface area contributed by atoms with Gasteiger partial charge in [-0.25, -0.2) is 0 Å². The summed E-state index contributed by atoms with van der Waals surface area (Å²) in [6.45, 7) is 1.95. The zero-order chi connectivity index (χ0) is 11.8. The van der Waals surface area contributed by atoms with Crippen molar-refractivity contribution in [2.24, 2.45) is 0 Å². The molecule has 0 aliphatic heterocycles. The van der Waals surface area contributed by atoms with Gasteiger partial charge in [-0.15, -0.1) is 0 Å². The number of carboxylic acids is 1. The van der Waals surface area contributed by atoms with Crippen molar-refractivity contribution in [2.75, 3.05) is 0 Å². The van der Waals surface area contributed by atoms with E-state index in [9.17, 15) is 9.90 Å². The Morgan fingerprint density at radius 1 is 1.38 bits per heavy atom. The first-order valence-corrected chi connectivity index (χ1v) is 5.94. The number of benzene rings is 1. The number of carbonyl (C=O) groups is 1. The SMILES string of the molecule is Cc1ccc(Cl)cc1C1(C(=O)O)CCCC1. The van der Waals surface area contributed by atoms with E-state index in [0.717, 1.165) is 36.8 Å². The standard InChI is InChI=1S/C13H15ClO2/c1-9-4-5-10(14)8-11(9)13(12(15)16)6-2-3-7-13/h4-5,8H,2-3,6-7H2,1H3,(H,15,16). The summed E-state index contributed by atoms with van der Waals surface area (Å²) >= 11 is 5.97. The van der Waals surface area contributed by atoms with Gasteiger partial charge < -0.3 is 5.11 Å². The molecule has 1 aromatic carbocycles. The average molecular weight is 239 g/mol. The van der Waals surface area contributed by atoms with Crippen LogP contribution in [0.4, 0.5) is 0 Å². The normalized spacial score (nSPS) is 18.6. The molecule has 1 aliphatic rings. The van der Waals surface area contributed by atoms with Gasteiger partial charge in [-0.05, 0) is 43.0 Å². The maximum absolute atomic E-state index is 11.5. The molecule has 0 atom stereocenters. The summed E-state index contributed by atoms with van der Waals surface area (Å²) < 4.78 is 0. The predicted octanol–water partition coefficient (Wildman–Crippen LogP) is 3.54. The fourth-order valence-electron chi connectivity index (χ4n) is 2.69. The van der Waals surface area contributed by atoms with Crippen molar-refractivity contribution in [3.8, 4) is 0 Å². The van der Waals surface area contributed by atoms with Gasteiger partial charge in [-0.1, -0.05) is 30.5 Å². The number of hydrogen-bond donors (Lipinski definition) is 1. The van der Waals surface area contributed by atoms with E-state index >= 15 is 0 Å². The molecule has 1 N–H and O–H groups in total. The van der Waals surface area contributed by atoms with Crippen LogP contribution in [-0.4, -0.2) is 11.1 Å². The highest BCUT2D eigenvalue weighted by atomic mass is 35.5. The molecule has 1 saturated carbocycles. The zero-order valence-corrected chi connectivity index (χ0v) is 10.0. The van der Waals surface area contributed by atoms with Crippen molar-refractivity contribution < 1.29 is 9.90 Å². The van der Waals surface area contributed by atoms with Crippen molar-refractivity contribution in [3.05, 3.63) is 34.3 Å². The fraction of sp³-hybridized carbons (Fsp3) is 0.462. The molecule has 0 unspecified atom stereocenters. The molecular weight excluding hydrogens is 224 g/mol. The third kappa shape index (κ3) is 1.71. The van der Waals surface area contributed by atoms with Crippen LogP contribution >= 0.6 is 11.6 Å². The first-order valence-electron chi connectivity index (χ1n) is 5.56. The first-order chi connectivity index (χ1) is 7.56. The smallest absolute Gasteiger partial charge is 0.314 e. The summed E-state index contributed by atoms with van der Waals surface area (Å²) in [6.07, 6.45) is 3.42. The van der Waals surface area contributed by atoms with Crippen molar-refractivity contribution in [1.29, 1.82) is 0 Å². The predicted molar refractivity (Wildman–Crippen MR) is 64.0 cm³/mol. The second kappa shape index (κ2) is 4.10. The van der Waals surface area contributed by atoms with E-state index in [4.69, 9.17) is 11.6 Å². The van der Waals surface area contributed by atoms with Gasteiger partial charge >= 0.3 is 5.97 Å². The van der Waals surface area contributed by atoms with Crippen molar-refractivity contribution in [3.63, 3.8) is 0 Å². The quantitative estimate of drug-likeness (QED) is 0.856. The molecule has 1 fully saturated rings. The van der Waals surface area contributed by atoms with Gasteiger partial charge in [0.1, 0.15) is 0 Å². The molecule has 86 valence electrons. The van der Waals surface area contributed by atoms with E-state index in [1.165, 1.54) is 0 Å². The third-order valence-corrected chi connectivity index (χ3v) is 3.82. The molecular formula is C13H15ClO2. The van der Waals surface area contributed by atoms with Gasteiger partial charge in [0.2, 0.25) is 0 Å². The average Bonchev–Trinajstić information content (AvgIpc) is 2.71. The maximum atomic E-state index is 11.5. The Kier molecular flexibility index (Phi) is 2.94. The highest BCUT2D eigenvalue weighted by Crippen LogP contribution is 2.43. The summed E-state index contributed by atoms with van der Waals surface area (Å²) in [5.74, 6) is -0.713. The lowest BCUT2D eigenvalue weighted by molar-refractivity contribution is -0.143. The van der Waals surface area contributed by atoms with E-state index in [1.54, 1.807) is 0 Å². The molecule has 0 radical (unpaired) electrons. The Balaban J connectivity index is 2.55. The molecule has 1 aliphatic carbocycles. The molecule has 1 aromatic rings. The van der Waals surface area contributed by atoms with Gasteiger partial charge in [-0.2, -0.15) is 0 Å². The van der Waals surface area contributed by atoms with Gasteiger partial charge in [-0.3, -0.25) is 4.79 Å². The summed E-state index contributed by atoms with van der Waals surface area (Å²) in [5, 5.41) is 10.1. The second-order valence-electron chi connectivity index (χ2n) is 4.55. The van der Waals surface area contributed by atoms with E-state index in [1.807, 2.05) is 25.1 Å². The van der Waals surface area contributed by atoms with Crippen LogP contribution in [-0.2, 0) is 10.2 Å². The number of carboxylic acid groups (broad SMARTS) is 1. The molecule has 0 saturated heterocycles. The van der Waals surface area contributed by atoms with Crippen molar-refractivity contribution in [2.45, 2.75) is 38.0 Å². The second-order valence-corrected chi connectivity index (χ2v) is 4.99. The van der Waals surface area contributed by atoms with Crippen molar-refractivity contribution in [1.82, 2.24) is 0 Å². The molecule has 0 aromatic heterocycles. The molecule has 2 nitrogen and oxygen atoms in total. The molecule has 2 rings (SSSR count). The molecule has 16 heavy (non-hydrogen) atoms. The number of rotatable bonds is 2. The van der Waals surface area contributed by atoms with Gasteiger partial charge in [0.25, 0.3) is 0 Å². The fourth-order valence-corrected chi connectivity index (χ4v) is 2.86. The van der Waals surface area contributed by atoms with Crippen LogP contribution in [0.2, 0.25) is 5.02 Å². The third-order valence-electron chi connectivity index (χ3n) is 3.58. The van der Waals surface area contributed by atoms with Crippen LogP contribution in [0.25, 0.3) is 0 Å². The highest BCUT2D eigenvalue weighted by Gasteiger charge is 2.43.